The predicted octanol–water partition coefficient (Wildman–Crippen LogP) is 3.33. The van der Waals surface area contributed by atoms with Crippen LogP contribution in [0.15, 0.2) is 18.2 Å². The normalized spacial score (nSPS) is 19.1. The lowest BCUT2D eigenvalue weighted by Gasteiger charge is -2.33. The molecule has 1 unspecified atom stereocenters. The maximum Gasteiger partial charge on any atom is 0.253 e. The van der Waals surface area contributed by atoms with Crippen molar-refractivity contribution in [1.82, 2.24) is 10.2 Å². The van der Waals surface area contributed by atoms with Crippen molar-refractivity contribution in [1.29, 1.82) is 0 Å². The molecule has 1 atom stereocenters. The Bertz CT molecular complexity index is 507. The summed E-state index contributed by atoms with van der Waals surface area (Å²) in [6, 6.07) is 4.61. The molecule has 1 saturated heterocycles. The molecule has 1 aromatic carbocycles. The van der Waals surface area contributed by atoms with Gasteiger partial charge in [0.2, 0.25) is 0 Å². The summed E-state index contributed by atoms with van der Waals surface area (Å²) in [5.41, 5.74) is 0.457. The van der Waals surface area contributed by atoms with E-state index in [2.05, 4.69) is 19.2 Å². The molecule has 2 rings (SSSR count). The molecule has 0 aromatic heterocycles. The molecule has 0 bridgehead atoms. The fraction of sp³-hybridized carbons (Fsp3) is 0.562. The number of nitrogens with zero attached hydrogens (tertiary/aromatic N) is 1. The Labute approximate surface area is 130 Å². The van der Waals surface area contributed by atoms with Gasteiger partial charge in [0.1, 0.15) is 5.82 Å². The molecule has 1 aliphatic heterocycles. The number of halogens is 2. The summed E-state index contributed by atoms with van der Waals surface area (Å²) in [5.74, 6) is -0.0852. The monoisotopic (exact) mass is 312 g/mol. The fourth-order valence-electron chi connectivity index (χ4n) is 2.63. The highest BCUT2D eigenvalue weighted by Crippen LogP contribution is 2.21. The molecule has 1 fully saturated rings. The van der Waals surface area contributed by atoms with Crippen LogP contribution < -0.4 is 5.32 Å². The molecular weight excluding hydrogens is 291 g/mol. The average Bonchev–Trinajstić information content (AvgIpc) is 2.47. The van der Waals surface area contributed by atoms with Gasteiger partial charge < -0.3 is 10.2 Å². The second-order valence-corrected chi connectivity index (χ2v) is 6.36. The minimum Gasteiger partial charge on any atom is -0.338 e. The van der Waals surface area contributed by atoms with Gasteiger partial charge in [0, 0.05) is 24.7 Å². The minimum atomic E-state index is -0.495. The molecule has 0 spiro atoms. The first-order valence-corrected chi connectivity index (χ1v) is 7.83. The van der Waals surface area contributed by atoms with Gasteiger partial charge in [-0.1, -0.05) is 25.4 Å². The van der Waals surface area contributed by atoms with Crippen LogP contribution in [0.2, 0.25) is 5.02 Å². The van der Waals surface area contributed by atoms with Gasteiger partial charge in [0.15, 0.2) is 0 Å². The van der Waals surface area contributed by atoms with Gasteiger partial charge in [-0.25, -0.2) is 4.39 Å². The minimum absolute atomic E-state index is 0.00381. The lowest BCUT2D eigenvalue weighted by molar-refractivity contribution is 0.0672. The average molecular weight is 313 g/mol. The van der Waals surface area contributed by atoms with Crippen LogP contribution in [0.3, 0.4) is 0 Å². The fourth-order valence-corrected chi connectivity index (χ4v) is 2.81. The molecule has 21 heavy (non-hydrogen) atoms. The summed E-state index contributed by atoms with van der Waals surface area (Å²) in [6.07, 6.45) is 2.14. The molecule has 0 aliphatic carbocycles. The Morgan fingerprint density at radius 1 is 1.52 bits per heavy atom. The van der Waals surface area contributed by atoms with Crippen molar-refractivity contribution in [3.8, 4) is 0 Å². The Balaban J connectivity index is 1.99. The van der Waals surface area contributed by atoms with Crippen LogP contribution >= 0.6 is 11.6 Å². The Morgan fingerprint density at radius 3 is 2.95 bits per heavy atom. The molecule has 3 nitrogen and oxygen atoms in total. The molecule has 1 N–H and O–H groups in total. The highest BCUT2D eigenvalue weighted by atomic mass is 35.5. The molecule has 0 saturated carbocycles. The number of benzene rings is 1. The Hall–Kier alpha value is -1.13. The Morgan fingerprint density at radius 2 is 2.29 bits per heavy atom. The zero-order valence-corrected chi connectivity index (χ0v) is 13.3. The molecule has 1 aromatic rings. The summed E-state index contributed by atoms with van der Waals surface area (Å²) >= 11 is 5.75. The smallest absolute Gasteiger partial charge is 0.253 e. The lowest BCUT2D eigenvalue weighted by Crippen LogP contribution is -2.43. The van der Waals surface area contributed by atoms with Crippen molar-refractivity contribution in [3.63, 3.8) is 0 Å². The molecule has 1 aliphatic rings. The standard InChI is InChI=1S/C16H22ClFN2O/c1-11(2)19-9-12-4-3-7-20(10-12)16(21)13-5-6-15(18)14(17)8-13/h5-6,8,11-12,19H,3-4,7,9-10H2,1-2H3. The van der Waals surface area contributed by atoms with E-state index in [4.69, 9.17) is 11.6 Å². The number of carbonyl (C=O) groups excluding carboxylic acids is 1. The van der Waals surface area contributed by atoms with E-state index < -0.39 is 5.82 Å². The van der Waals surface area contributed by atoms with E-state index in [0.29, 0.717) is 17.5 Å². The first-order chi connectivity index (χ1) is 9.97. The number of carbonyl (C=O) groups is 1. The van der Waals surface area contributed by atoms with Crippen LogP contribution in [-0.4, -0.2) is 36.5 Å². The molecule has 1 heterocycles. The van der Waals surface area contributed by atoms with Crippen molar-refractivity contribution in [2.45, 2.75) is 32.7 Å². The van der Waals surface area contributed by atoms with Crippen molar-refractivity contribution >= 4 is 17.5 Å². The third kappa shape index (κ3) is 4.42. The predicted molar refractivity (Wildman–Crippen MR) is 83.2 cm³/mol. The number of nitrogens with one attached hydrogen (secondary N) is 1. The maximum atomic E-state index is 13.2. The molecule has 0 radical (unpaired) electrons. The summed E-state index contributed by atoms with van der Waals surface area (Å²) in [4.78, 5) is 14.3. The van der Waals surface area contributed by atoms with Crippen LogP contribution in [0.4, 0.5) is 4.39 Å². The van der Waals surface area contributed by atoms with E-state index in [1.165, 1.54) is 18.2 Å². The number of amides is 1. The van der Waals surface area contributed by atoms with Crippen LogP contribution in [0.25, 0.3) is 0 Å². The van der Waals surface area contributed by atoms with Gasteiger partial charge in [-0.3, -0.25) is 4.79 Å². The highest BCUT2D eigenvalue weighted by molar-refractivity contribution is 6.31. The van der Waals surface area contributed by atoms with Crippen molar-refractivity contribution in [2.75, 3.05) is 19.6 Å². The molecular formula is C16H22ClFN2O. The van der Waals surface area contributed by atoms with Gasteiger partial charge in [0.25, 0.3) is 5.91 Å². The zero-order valence-electron chi connectivity index (χ0n) is 12.5. The number of hydrogen-bond acceptors (Lipinski definition) is 2. The summed E-state index contributed by atoms with van der Waals surface area (Å²) < 4.78 is 13.2. The number of likely N-dealkylation sites (tertiary alicyclic amines) is 1. The van der Waals surface area contributed by atoms with Gasteiger partial charge in [-0.05, 0) is 43.5 Å². The zero-order chi connectivity index (χ0) is 15.4. The number of hydrogen-bond donors (Lipinski definition) is 1. The van der Waals surface area contributed by atoms with Crippen molar-refractivity contribution < 1.29 is 9.18 Å². The van der Waals surface area contributed by atoms with E-state index in [1.807, 2.05) is 4.90 Å². The van der Waals surface area contributed by atoms with Gasteiger partial charge in [-0.15, -0.1) is 0 Å². The van der Waals surface area contributed by atoms with Crippen LogP contribution in [-0.2, 0) is 0 Å². The van der Waals surface area contributed by atoms with Gasteiger partial charge >= 0.3 is 0 Å². The molecule has 1 amide bonds. The topological polar surface area (TPSA) is 32.3 Å². The summed E-state index contributed by atoms with van der Waals surface area (Å²) in [7, 11) is 0. The van der Waals surface area contributed by atoms with E-state index in [-0.39, 0.29) is 10.9 Å². The SMILES string of the molecule is CC(C)NCC1CCCN(C(=O)c2ccc(F)c(Cl)c2)C1. The number of rotatable bonds is 4. The van der Waals surface area contributed by atoms with E-state index in [0.717, 1.165) is 32.5 Å². The largest absolute Gasteiger partial charge is 0.338 e. The lowest BCUT2D eigenvalue weighted by atomic mass is 9.97. The van der Waals surface area contributed by atoms with E-state index in [9.17, 15) is 9.18 Å². The molecule has 116 valence electrons. The third-order valence-electron chi connectivity index (χ3n) is 3.79. The molecule has 5 heteroatoms. The maximum absolute atomic E-state index is 13.2. The second-order valence-electron chi connectivity index (χ2n) is 5.95. The quantitative estimate of drug-likeness (QED) is 0.925. The van der Waals surface area contributed by atoms with Crippen LogP contribution in [0.1, 0.15) is 37.0 Å². The van der Waals surface area contributed by atoms with Crippen molar-refractivity contribution in [2.24, 2.45) is 5.92 Å². The van der Waals surface area contributed by atoms with Gasteiger partial charge in [-0.2, -0.15) is 0 Å². The van der Waals surface area contributed by atoms with E-state index >= 15 is 0 Å². The summed E-state index contributed by atoms with van der Waals surface area (Å²) in [5, 5.41) is 3.42. The first kappa shape index (κ1) is 16.2. The first-order valence-electron chi connectivity index (χ1n) is 7.45. The van der Waals surface area contributed by atoms with Crippen LogP contribution in [0.5, 0.6) is 0 Å². The summed E-state index contributed by atoms with van der Waals surface area (Å²) in [6.45, 7) is 6.66. The van der Waals surface area contributed by atoms with Crippen molar-refractivity contribution in [3.05, 3.63) is 34.6 Å². The highest BCUT2D eigenvalue weighted by Gasteiger charge is 2.24. The van der Waals surface area contributed by atoms with Crippen LogP contribution in [0, 0.1) is 11.7 Å². The Kier molecular flexibility index (Phi) is 5.59. The van der Waals surface area contributed by atoms with E-state index in [1.54, 1.807) is 0 Å². The second kappa shape index (κ2) is 7.23. The number of piperidine rings is 1. The third-order valence-corrected chi connectivity index (χ3v) is 4.08. The van der Waals surface area contributed by atoms with Gasteiger partial charge in [0.05, 0.1) is 5.02 Å².